The summed E-state index contributed by atoms with van der Waals surface area (Å²) in [5.74, 6) is 2.61. The zero-order valence-corrected chi connectivity index (χ0v) is 39.4. The van der Waals surface area contributed by atoms with Gasteiger partial charge in [0.25, 0.3) is 5.95 Å². The van der Waals surface area contributed by atoms with Gasteiger partial charge in [0.15, 0.2) is 17.3 Å². The van der Waals surface area contributed by atoms with Crippen molar-refractivity contribution in [2.45, 2.75) is 65.9 Å². The number of nitrogens with one attached hydrogen (secondary N) is 1. The first-order valence-electron chi connectivity index (χ1n) is 21.5. The molecule has 3 aromatic carbocycles. The first-order chi connectivity index (χ1) is 30.0. The number of alkyl halides is 1. The van der Waals surface area contributed by atoms with Crippen molar-refractivity contribution in [2.75, 3.05) is 80.6 Å². The molecule has 0 aliphatic carbocycles. The summed E-state index contributed by atoms with van der Waals surface area (Å²) in [6, 6.07) is 19.4. The number of carbonyl (C=O) groups excluding carboxylic acids is 2. The molecule has 1 aromatic heterocycles. The van der Waals surface area contributed by atoms with E-state index in [1.807, 2.05) is 68.4 Å². The second-order valence-corrected chi connectivity index (χ2v) is 18.7. The van der Waals surface area contributed by atoms with Crippen molar-refractivity contribution in [3.8, 4) is 17.6 Å². The zero-order chi connectivity index (χ0) is 45.5. The highest BCUT2D eigenvalue weighted by molar-refractivity contribution is 7.74. The molecule has 2 atom stereocenters. The van der Waals surface area contributed by atoms with Gasteiger partial charge < -0.3 is 19.3 Å². The van der Waals surface area contributed by atoms with Crippen LogP contribution in [0.5, 0.6) is 11.5 Å². The van der Waals surface area contributed by atoms with E-state index in [1.165, 1.54) is 14.0 Å². The Morgan fingerprint density at radius 1 is 1.02 bits per heavy atom. The number of Topliss-reactive ketones (excluding diaryl/α,β-unsaturated/α-hetero) is 2. The van der Waals surface area contributed by atoms with E-state index in [2.05, 4.69) is 57.8 Å². The molecule has 13 nitrogen and oxygen atoms in total. The largest absolute Gasteiger partial charge is 0.489 e. The van der Waals surface area contributed by atoms with E-state index >= 15 is 0 Å². The second kappa shape index (κ2) is 20.9. The maximum atomic E-state index is 13.0. The molecule has 2 fully saturated rings. The van der Waals surface area contributed by atoms with Crippen LogP contribution in [0.3, 0.4) is 0 Å². The molecule has 2 unspecified atom stereocenters. The predicted octanol–water partition coefficient (Wildman–Crippen LogP) is 9.00. The van der Waals surface area contributed by atoms with E-state index < -0.39 is 9.58 Å². The third-order valence-corrected chi connectivity index (χ3v) is 12.7. The standard InChI is InChI=1S/C47H59Cl2N8O5S/c1-7-31(2)43(59)40-13-10-38(26-41(40)32(3)58)55-21-19-54(20-22-55)29-33-14-17-56(18-15-33)45-35(28-51-46(52-45)53-57(6,60)63)30-62-39-11-8-36(9-12-39)47(4,5)37-24-34(27-50)44(42(49)25-37)61-23-16-48/h8-13,24-26,28,31,33,60,63H,7,14-23,29-30H2,1-6H3,(H,51,52,53)/q+1. The van der Waals surface area contributed by atoms with Gasteiger partial charge in [-0.05, 0) is 89.9 Å². The van der Waals surface area contributed by atoms with Crippen LogP contribution in [0.4, 0.5) is 17.5 Å². The molecule has 0 saturated carbocycles. The summed E-state index contributed by atoms with van der Waals surface area (Å²) in [5.41, 5.74) is 7.39. The van der Waals surface area contributed by atoms with Gasteiger partial charge in [-0.15, -0.1) is 11.6 Å². The summed E-state index contributed by atoms with van der Waals surface area (Å²) >= 11 is 16.5. The Balaban J connectivity index is 1.07. The molecule has 3 heterocycles. The molecule has 0 amide bonds. The van der Waals surface area contributed by atoms with E-state index in [1.54, 1.807) is 6.20 Å². The maximum Gasteiger partial charge on any atom is 0.275 e. The summed E-state index contributed by atoms with van der Waals surface area (Å²) in [6.45, 7) is 16.2. The molecule has 6 rings (SSSR count). The van der Waals surface area contributed by atoms with Gasteiger partial charge in [-0.3, -0.25) is 14.5 Å². The van der Waals surface area contributed by atoms with E-state index in [0.29, 0.717) is 39.1 Å². The minimum atomic E-state index is -0.829. The van der Waals surface area contributed by atoms with E-state index in [-0.39, 0.29) is 42.5 Å². The average Bonchev–Trinajstić information content (AvgIpc) is 3.27. The molecule has 4 aromatic rings. The highest BCUT2D eigenvalue weighted by Gasteiger charge is 2.29. The molecule has 0 bridgehead atoms. The number of hydrogen-bond donors (Lipinski definition) is 3. The fraction of sp³-hybridized carbons (Fsp3) is 0.468. The van der Waals surface area contributed by atoms with Crippen LogP contribution in [0.25, 0.3) is 0 Å². The van der Waals surface area contributed by atoms with Gasteiger partial charge in [0.2, 0.25) is 0 Å². The van der Waals surface area contributed by atoms with E-state index in [4.69, 9.17) is 37.7 Å². The van der Waals surface area contributed by atoms with Crippen LogP contribution in [-0.4, -0.2) is 101 Å². The number of carbonyl (C=O) groups is 2. The summed E-state index contributed by atoms with van der Waals surface area (Å²) in [5, 5.41) is 20.5. The van der Waals surface area contributed by atoms with Gasteiger partial charge in [0, 0.05) is 80.2 Å². The number of piperidine rings is 1. The molecular formula is C47H59Cl2N8O5S+. The minimum Gasteiger partial charge on any atom is -0.489 e. The molecule has 2 saturated heterocycles. The topological polar surface area (TPSA) is 144 Å². The Labute approximate surface area is 387 Å². The van der Waals surface area contributed by atoms with Crippen LogP contribution in [0.15, 0.2) is 60.8 Å². The van der Waals surface area contributed by atoms with Crippen molar-refractivity contribution >= 4 is 65.0 Å². The van der Waals surface area contributed by atoms with E-state index in [9.17, 15) is 20.1 Å². The summed E-state index contributed by atoms with van der Waals surface area (Å²) in [7, 11) is 1.46. The Hall–Kier alpha value is -4.62. The zero-order valence-electron chi connectivity index (χ0n) is 37.0. The van der Waals surface area contributed by atoms with Crippen LogP contribution in [0, 0.1) is 23.2 Å². The fourth-order valence-electron chi connectivity index (χ4n) is 8.20. The number of nitrogens with zero attached hydrogens (tertiary/aromatic N) is 7. The summed E-state index contributed by atoms with van der Waals surface area (Å²) < 4.78 is 11.2. The molecule has 2 N–H and O–H groups in total. The van der Waals surface area contributed by atoms with Crippen molar-refractivity contribution in [3.05, 3.63) is 99.2 Å². The number of quaternary nitrogens is 1. The van der Waals surface area contributed by atoms with E-state index in [0.717, 1.165) is 93.3 Å². The third-order valence-electron chi connectivity index (χ3n) is 12.2. The molecule has 2 aliphatic heterocycles. The molecule has 16 heteroatoms. The quantitative estimate of drug-likeness (QED) is 0.0288. The normalized spacial score (nSPS) is 16.5. The van der Waals surface area contributed by atoms with Gasteiger partial charge in [-0.2, -0.15) is 20.9 Å². The van der Waals surface area contributed by atoms with Crippen molar-refractivity contribution in [3.63, 3.8) is 0 Å². The number of anilines is 3. The Morgan fingerprint density at radius 3 is 2.33 bits per heavy atom. The van der Waals surface area contributed by atoms with Gasteiger partial charge in [0.1, 0.15) is 50.7 Å². The lowest BCUT2D eigenvalue weighted by molar-refractivity contribution is -0.955. The highest BCUT2D eigenvalue weighted by atomic mass is 35.5. The van der Waals surface area contributed by atoms with Crippen LogP contribution in [-0.2, 0) is 12.0 Å². The summed E-state index contributed by atoms with van der Waals surface area (Å²) in [6.07, 6.45) is 4.44. The number of hydrogen-bond acceptors (Lipinski definition) is 13. The number of nitriles is 1. The number of hydroxylamine groups is 1. The number of benzene rings is 3. The first-order valence-corrected chi connectivity index (χ1v) is 22.9. The molecule has 2 aliphatic rings. The Morgan fingerprint density at radius 2 is 1.71 bits per heavy atom. The minimum absolute atomic E-state index is 0.0252. The Bertz CT molecular complexity index is 2290. The number of ketones is 2. The SMILES string of the molecule is CCC(C)C(=O)c1ccc(N2CCN(CC3CCN(c4nc(N[N+](C)(O)S)ncc4COc4ccc(C(C)(C)c5cc(Cl)c(OCCCl)c(C#N)c5)cc4)CC3)CC2)cc1C(C)=O. The number of ether oxygens (including phenoxy) is 2. The number of thiol groups is 1. The molecule has 0 radical (unpaired) electrons. The maximum absolute atomic E-state index is 13.0. The average molecular weight is 919 g/mol. The lowest BCUT2D eigenvalue weighted by Crippen LogP contribution is -2.49. The van der Waals surface area contributed by atoms with Crippen LogP contribution >= 0.6 is 36.0 Å². The fourth-order valence-corrected chi connectivity index (χ4v) is 8.64. The number of aromatic nitrogens is 2. The van der Waals surface area contributed by atoms with Crippen molar-refractivity contribution in [1.82, 2.24) is 14.9 Å². The van der Waals surface area contributed by atoms with Gasteiger partial charge in [-0.25, -0.2) is 4.98 Å². The monoisotopic (exact) mass is 917 g/mol. The van der Waals surface area contributed by atoms with Crippen LogP contribution in [0.1, 0.15) is 96.9 Å². The van der Waals surface area contributed by atoms with Gasteiger partial charge >= 0.3 is 0 Å². The van der Waals surface area contributed by atoms with Crippen LogP contribution in [0.2, 0.25) is 5.02 Å². The van der Waals surface area contributed by atoms with Gasteiger partial charge in [0.05, 0.1) is 22.0 Å². The van der Waals surface area contributed by atoms with Crippen molar-refractivity contribution in [2.24, 2.45) is 11.8 Å². The van der Waals surface area contributed by atoms with Crippen LogP contribution < -0.4 is 24.7 Å². The second-order valence-electron chi connectivity index (χ2n) is 17.2. The molecule has 0 spiro atoms. The Kier molecular flexibility index (Phi) is 15.9. The number of halogens is 2. The molecular weight excluding hydrogens is 860 g/mol. The first kappa shape index (κ1) is 47.8. The lowest BCUT2D eigenvalue weighted by Gasteiger charge is -2.40. The highest BCUT2D eigenvalue weighted by Crippen LogP contribution is 2.39. The number of piperazine rings is 1. The summed E-state index contributed by atoms with van der Waals surface area (Å²) in [4.78, 5) is 42.0. The third kappa shape index (κ3) is 11.9. The van der Waals surface area contributed by atoms with Crippen molar-refractivity contribution < 1.29 is 28.4 Å². The van der Waals surface area contributed by atoms with Gasteiger partial charge in [-0.1, -0.05) is 51.4 Å². The number of rotatable bonds is 18. The molecule has 63 heavy (non-hydrogen) atoms. The lowest BCUT2D eigenvalue weighted by atomic mass is 9.77. The predicted molar refractivity (Wildman–Crippen MR) is 252 cm³/mol. The van der Waals surface area contributed by atoms with Crippen molar-refractivity contribution in [1.29, 1.82) is 5.26 Å². The molecule has 336 valence electrons. The smallest absolute Gasteiger partial charge is 0.275 e.